The minimum absolute atomic E-state index is 0.767. The zero-order chi connectivity index (χ0) is 12.8. The van der Waals surface area contributed by atoms with Crippen molar-refractivity contribution in [1.82, 2.24) is 19.3 Å². The fourth-order valence-corrected chi connectivity index (χ4v) is 1.69. The molecule has 0 unspecified atom stereocenters. The van der Waals surface area contributed by atoms with Crippen LogP contribution in [0.15, 0.2) is 24.7 Å². The van der Waals surface area contributed by atoms with Crippen molar-refractivity contribution in [3.05, 3.63) is 24.7 Å². The van der Waals surface area contributed by atoms with Crippen LogP contribution in [-0.2, 0) is 18.3 Å². The quantitative estimate of drug-likeness (QED) is 0.760. The summed E-state index contributed by atoms with van der Waals surface area (Å²) in [6.45, 7) is 4.43. The summed E-state index contributed by atoms with van der Waals surface area (Å²) in [5, 5.41) is 7.46. The molecule has 18 heavy (non-hydrogen) atoms. The van der Waals surface area contributed by atoms with Crippen molar-refractivity contribution in [1.29, 1.82) is 0 Å². The van der Waals surface area contributed by atoms with Crippen LogP contribution in [0.2, 0.25) is 0 Å². The number of anilines is 2. The van der Waals surface area contributed by atoms with Crippen LogP contribution in [0.25, 0.3) is 0 Å². The van der Waals surface area contributed by atoms with Gasteiger partial charge in [-0.25, -0.2) is 4.98 Å². The molecule has 0 aliphatic carbocycles. The molecule has 0 saturated carbocycles. The number of nitrogens with zero attached hydrogens (tertiary/aromatic N) is 4. The van der Waals surface area contributed by atoms with Crippen LogP contribution < -0.4 is 5.32 Å². The highest BCUT2D eigenvalue weighted by Gasteiger charge is 2.04. The van der Waals surface area contributed by atoms with E-state index in [1.807, 2.05) is 32.4 Å². The Labute approximate surface area is 107 Å². The van der Waals surface area contributed by atoms with E-state index in [-0.39, 0.29) is 0 Å². The molecule has 2 aromatic rings. The van der Waals surface area contributed by atoms with Crippen LogP contribution in [-0.4, -0.2) is 32.5 Å². The zero-order valence-corrected chi connectivity index (χ0v) is 10.8. The van der Waals surface area contributed by atoms with E-state index in [9.17, 15) is 0 Å². The third-order valence-corrected chi connectivity index (χ3v) is 2.56. The molecule has 0 aliphatic rings. The lowest BCUT2D eigenvalue weighted by molar-refractivity contribution is 0.142. The average Bonchev–Trinajstić information content (AvgIpc) is 2.95. The molecule has 6 nitrogen and oxygen atoms in total. The van der Waals surface area contributed by atoms with Crippen LogP contribution in [0.1, 0.15) is 13.3 Å². The van der Waals surface area contributed by atoms with Gasteiger partial charge in [-0.05, 0) is 13.3 Å². The van der Waals surface area contributed by atoms with Crippen LogP contribution in [0.5, 0.6) is 0 Å². The lowest BCUT2D eigenvalue weighted by atomic mass is 10.4. The minimum Gasteiger partial charge on any atom is -0.382 e. The summed E-state index contributed by atoms with van der Waals surface area (Å²) in [4.78, 5) is 4.28. The molecular weight excluding hydrogens is 230 g/mol. The average molecular weight is 249 g/mol. The highest BCUT2D eigenvalue weighted by atomic mass is 16.5. The van der Waals surface area contributed by atoms with Gasteiger partial charge in [0.05, 0.1) is 0 Å². The first kappa shape index (κ1) is 12.6. The molecule has 6 heteroatoms. The molecule has 0 aromatic carbocycles. The van der Waals surface area contributed by atoms with E-state index in [2.05, 4.69) is 20.0 Å². The fourth-order valence-electron chi connectivity index (χ4n) is 1.69. The predicted molar refractivity (Wildman–Crippen MR) is 69.8 cm³/mol. The molecule has 0 radical (unpaired) electrons. The number of rotatable bonds is 7. The van der Waals surface area contributed by atoms with Crippen molar-refractivity contribution < 1.29 is 4.74 Å². The molecule has 1 N–H and O–H groups in total. The van der Waals surface area contributed by atoms with Gasteiger partial charge >= 0.3 is 0 Å². The second-order valence-electron chi connectivity index (χ2n) is 3.99. The molecule has 0 atom stereocenters. The number of hydrogen-bond donors (Lipinski definition) is 1. The van der Waals surface area contributed by atoms with E-state index in [4.69, 9.17) is 4.74 Å². The van der Waals surface area contributed by atoms with E-state index in [0.717, 1.165) is 37.9 Å². The smallest absolute Gasteiger partial charge is 0.208 e. The lowest BCUT2D eigenvalue weighted by Gasteiger charge is -2.08. The Morgan fingerprint density at radius 2 is 2.28 bits per heavy atom. The number of imidazole rings is 1. The van der Waals surface area contributed by atoms with Crippen LogP contribution in [0.3, 0.4) is 0 Å². The van der Waals surface area contributed by atoms with Crippen LogP contribution >= 0.6 is 0 Å². The topological polar surface area (TPSA) is 56.9 Å². The third kappa shape index (κ3) is 3.33. The summed E-state index contributed by atoms with van der Waals surface area (Å²) >= 11 is 0. The van der Waals surface area contributed by atoms with Gasteiger partial charge in [0.25, 0.3) is 0 Å². The maximum atomic E-state index is 5.32. The Kier molecular flexibility index (Phi) is 4.35. The van der Waals surface area contributed by atoms with Crippen molar-refractivity contribution in [3.8, 4) is 0 Å². The van der Waals surface area contributed by atoms with Gasteiger partial charge in [-0.1, -0.05) is 0 Å². The first-order chi connectivity index (χ1) is 8.79. The van der Waals surface area contributed by atoms with E-state index in [0.29, 0.717) is 0 Å². The monoisotopic (exact) mass is 249 g/mol. The molecule has 0 spiro atoms. The summed E-state index contributed by atoms with van der Waals surface area (Å²) in [5.41, 5.74) is 0. The highest BCUT2D eigenvalue weighted by Crippen LogP contribution is 2.12. The van der Waals surface area contributed by atoms with E-state index < -0.39 is 0 Å². The van der Waals surface area contributed by atoms with Gasteiger partial charge in [-0.3, -0.25) is 4.68 Å². The predicted octanol–water partition coefficient (Wildman–Crippen LogP) is 1.79. The Bertz CT molecular complexity index is 476. The van der Waals surface area contributed by atoms with Crippen LogP contribution in [0, 0.1) is 0 Å². The summed E-state index contributed by atoms with van der Waals surface area (Å²) in [6, 6.07) is 1.92. The van der Waals surface area contributed by atoms with Crippen molar-refractivity contribution in [2.45, 2.75) is 19.9 Å². The second-order valence-corrected chi connectivity index (χ2v) is 3.99. The molecule has 0 amide bonds. The van der Waals surface area contributed by atoms with Gasteiger partial charge in [-0.2, -0.15) is 5.10 Å². The molecule has 2 heterocycles. The van der Waals surface area contributed by atoms with Gasteiger partial charge in [0.1, 0.15) is 0 Å². The number of ether oxygens (including phenoxy) is 1. The van der Waals surface area contributed by atoms with E-state index >= 15 is 0 Å². The van der Waals surface area contributed by atoms with Gasteiger partial charge in [0, 0.05) is 51.5 Å². The maximum Gasteiger partial charge on any atom is 0.208 e. The Hall–Kier alpha value is -1.82. The zero-order valence-electron chi connectivity index (χ0n) is 10.8. The SMILES string of the molecule is CCOCCCn1ccnc1Nc1ccn(C)n1. The molecule has 2 aromatic heterocycles. The molecular formula is C12H19N5O. The lowest BCUT2D eigenvalue weighted by Crippen LogP contribution is -2.06. The fraction of sp³-hybridized carbons (Fsp3) is 0.500. The second kappa shape index (κ2) is 6.20. The summed E-state index contributed by atoms with van der Waals surface area (Å²) in [7, 11) is 1.89. The van der Waals surface area contributed by atoms with Crippen LogP contribution in [0.4, 0.5) is 11.8 Å². The largest absolute Gasteiger partial charge is 0.382 e. The number of aryl methyl sites for hydroxylation is 2. The maximum absolute atomic E-state index is 5.32. The molecule has 2 rings (SSSR count). The van der Waals surface area contributed by atoms with Gasteiger partial charge in [0.2, 0.25) is 5.95 Å². The Morgan fingerprint density at radius 3 is 3.00 bits per heavy atom. The van der Waals surface area contributed by atoms with Gasteiger partial charge < -0.3 is 14.6 Å². The molecule has 0 fully saturated rings. The third-order valence-electron chi connectivity index (χ3n) is 2.56. The molecule has 0 saturated heterocycles. The number of nitrogens with one attached hydrogen (secondary N) is 1. The normalized spacial score (nSPS) is 10.8. The van der Waals surface area contributed by atoms with Crippen molar-refractivity contribution in [3.63, 3.8) is 0 Å². The van der Waals surface area contributed by atoms with Crippen molar-refractivity contribution >= 4 is 11.8 Å². The standard InChI is InChI=1S/C12H19N5O/c1-3-18-10-4-7-17-9-6-13-12(17)14-11-5-8-16(2)15-11/h5-6,8-9H,3-4,7,10H2,1-2H3,(H,13,14,15). The van der Waals surface area contributed by atoms with Gasteiger partial charge in [0.15, 0.2) is 5.82 Å². The highest BCUT2D eigenvalue weighted by molar-refractivity contribution is 5.47. The molecule has 0 bridgehead atoms. The Balaban J connectivity index is 1.91. The van der Waals surface area contributed by atoms with Gasteiger partial charge in [-0.15, -0.1) is 0 Å². The number of hydrogen-bond acceptors (Lipinski definition) is 4. The molecule has 98 valence electrons. The summed E-state index contributed by atoms with van der Waals surface area (Å²) < 4.78 is 9.14. The van der Waals surface area contributed by atoms with E-state index in [1.165, 1.54) is 0 Å². The minimum atomic E-state index is 0.767. The van der Waals surface area contributed by atoms with Crippen molar-refractivity contribution in [2.75, 3.05) is 18.5 Å². The first-order valence-electron chi connectivity index (χ1n) is 6.15. The number of aromatic nitrogens is 4. The first-order valence-corrected chi connectivity index (χ1v) is 6.15. The molecule has 0 aliphatic heterocycles. The Morgan fingerprint density at radius 1 is 1.39 bits per heavy atom. The van der Waals surface area contributed by atoms with E-state index in [1.54, 1.807) is 10.9 Å². The summed E-state index contributed by atoms with van der Waals surface area (Å²) in [6.07, 6.45) is 6.61. The van der Waals surface area contributed by atoms with Crippen molar-refractivity contribution in [2.24, 2.45) is 7.05 Å². The summed E-state index contributed by atoms with van der Waals surface area (Å²) in [5.74, 6) is 1.61.